The van der Waals surface area contributed by atoms with Crippen LogP contribution >= 0.6 is 11.6 Å². The quantitative estimate of drug-likeness (QED) is 0.451. The minimum absolute atomic E-state index is 0.314. The molecule has 170 valence electrons. The summed E-state index contributed by atoms with van der Waals surface area (Å²) in [7, 11) is 3.26. The number of halogens is 1. The first-order valence-corrected chi connectivity index (χ1v) is 11.0. The van der Waals surface area contributed by atoms with Crippen LogP contribution in [0.5, 0.6) is 17.2 Å². The van der Waals surface area contributed by atoms with Crippen LogP contribution in [0.25, 0.3) is 5.70 Å². The monoisotopic (exact) mass is 473 g/mol. The molecule has 0 saturated heterocycles. The fourth-order valence-corrected chi connectivity index (χ4v) is 4.77. The zero-order valence-corrected chi connectivity index (χ0v) is 19.2. The van der Waals surface area contributed by atoms with E-state index >= 15 is 0 Å². The van der Waals surface area contributed by atoms with E-state index in [1.54, 1.807) is 20.4 Å². The second kappa shape index (κ2) is 8.07. The number of hydrogen-bond acceptors (Lipinski definition) is 7. The number of methoxy groups -OCH3 is 2. The standard InChI is InChI=1S/C25H20ClN5O3/c1-32-16-6-7-17(20(11-16)33-2)24-21-22(18-10-15(26)5-8-19(18)34-24)30-25-28-13-29-31(25)23(21)14-4-3-9-27-12-14/h3-13,23-24H,1-2H3,(H,28,29,30)/t23-,24+/m1/s1. The Labute approximate surface area is 200 Å². The number of nitrogens with one attached hydrogen (secondary N) is 1. The van der Waals surface area contributed by atoms with E-state index in [0.29, 0.717) is 28.2 Å². The Kier molecular flexibility index (Phi) is 4.88. The molecule has 8 nitrogen and oxygen atoms in total. The number of hydrogen-bond donors (Lipinski definition) is 1. The maximum absolute atomic E-state index is 6.64. The average Bonchev–Trinajstić information content (AvgIpc) is 3.35. The molecule has 0 fully saturated rings. The van der Waals surface area contributed by atoms with Gasteiger partial charge < -0.3 is 19.5 Å². The highest BCUT2D eigenvalue weighted by molar-refractivity contribution is 6.30. The van der Waals surface area contributed by atoms with E-state index < -0.39 is 6.10 Å². The Morgan fingerprint density at radius 2 is 2.00 bits per heavy atom. The zero-order valence-electron chi connectivity index (χ0n) is 18.4. The van der Waals surface area contributed by atoms with E-state index in [1.807, 2.05) is 59.4 Å². The van der Waals surface area contributed by atoms with Crippen molar-refractivity contribution >= 4 is 23.2 Å². The molecule has 2 aromatic carbocycles. The second-order valence-electron chi connectivity index (χ2n) is 7.92. The van der Waals surface area contributed by atoms with Gasteiger partial charge >= 0.3 is 0 Å². The van der Waals surface area contributed by atoms with Crippen molar-refractivity contribution in [2.75, 3.05) is 19.5 Å². The van der Waals surface area contributed by atoms with E-state index in [-0.39, 0.29) is 6.04 Å². The van der Waals surface area contributed by atoms with Crippen LogP contribution in [0.3, 0.4) is 0 Å². The third-order valence-electron chi connectivity index (χ3n) is 6.10. The molecule has 2 atom stereocenters. The lowest BCUT2D eigenvalue weighted by atomic mass is 9.85. The van der Waals surface area contributed by atoms with Crippen molar-refractivity contribution in [2.24, 2.45) is 0 Å². The Bertz CT molecular complexity index is 1420. The number of fused-ring (bicyclic) bond motifs is 3. The van der Waals surface area contributed by atoms with Gasteiger partial charge in [0.15, 0.2) is 6.10 Å². The van der Waals surface area contributed by atoms with Gasteiger partial charge in [-0.1, -0.05) is 17.7 Å². The van der Waals surface area contributed by atoms with Crippen LogP contribution in [0.15, 0.2) is 72.8 Å². The molecule has 4 heterocycles. The minimum Gasteiger partial charge on any atom is -0.497 e. The molecule has 34 heavy (non-hydrogen) atoms. The van der Waals surface area contributed by atoms with Gasteiger partial charge in [0, 0.05) is 40.2 Å². The van der Waals surface area contributed by atoms with Gasteiger partial charge in [0.1, 0.15) is 29.6 Å². The summed E-state index contributed by atoms with van der Waals surface area (Å²) in [5, 5.41) is 8.60. The van der Waals surface area contributed by atoms with E-state index in [1.165, 1.54) is 6.33 Å². The maximum Gasteiger partial charge on any atom is 0.226 e. The topological polar surface area (TPSA) is 83.3 Å². The third kappa shape index (κ3) is 3.18. The highest BCUT2D eigenvalue weighted by Gasteiger charge is 2.42. The number of ether oxygens (including phenoxy) is 3. The molecule has 0 amide bonds. The molecule has 0 saturated carbocycles. The molecule has 0 aliphatic carbocycles. The SMILES string of the molecule is COc1ccc([C@@H]2Oc3ccc(Cl)cc3C3=C2[C@@H](c2cccnc2)n2ncnc2N3)c(OC)c1. The van der Waals surface area contributed by atoms with Crippen molar-refractivity contribution in [3.63, 3.8) is 0 Å². The lowest BCUT2D eigenvalue weighted by Gasteiger charge is -2.39. The number of nitrogens with zero attached hydrogens (tertiary/aromatic N) is 4. The van der Waals surface area contributed by atoms with E-state index in [2.05, 4.69) is 20.4 Å². The predicted molar refractivity (Wildman–Crippen MR) is 127 cm³/mol. The zero-order chi connectivity index (χ0) is 23.2. The van der Waals surface area contributed by atoms with E-state index in [9.17, 15) is 0 Å². The summed E-state index contributed by atoms with van der Waals surface area (Å²) in [6.07, 6.45) is 4.63. The summed E-state index contributed by atoms with van der Waals surface area (Å²) < 4.78 is 19.7. The lowest BCUT2D eigenvalue weighted by molar-refractivity contribution is 0.217. The number of benzene rings is 2. The number of anilines is 1. The van der Waals surface area contributed by atoms with Gasteiger partial charge in [-0.2, -0.15) is 10.1 Å². The Morgan fingerprint density at radius 1 is 1.09 bits per heavy atom. The molecule has 2 aliphatic heterocycles. The largest absolute Gasteiger partial charge is 0.497 e. The average molecular weight is 474 g/mol. The Balaban J connectivity index is 1.64. The van der Waals surface area contributed by atoms with Gasteiger partial charge in [0.2, 0.25) is 5.95 Å². The van der Waals surface area contributed by atoms with E-state index in [4.69, 9.17) is 25.8 Å². The fourth-order valence-electron chi connectivity index (χ4n) is 4.59. The second-order valence-corrected chi connectivity index (χ2v) is 8.36. The predicted octanol–water partition coefficient (Wildman–Crippen LogP) is 4.90. The first kappa shape index (κ1) is 20.6. The highest BCUT2D eigenvalue weighted by Crippen LogP contribution is 2.52. The number of rotatable bonds is 4. The summed E-state index contributed by atoms with van der Waals surface area (Å²) in [4.78, 5) is 8.80. The molecular weight excluding hydrogens is 454 g/mol. The Hall–Kier alpha value is -4.04. The number of pyridine rings is 1. The fraction of sp³-hybridized carbons (Fsp3) is 0.160. The molecule has 2 aliphatic rings. The molecule has 4 aromatic rings. The van der Waals surface area contributed by atoms with Crippen LogP contribution in [0, 0.1) is 0 Å². The highest BCUT2D eigenvalue weighted by atomic mass is 35.5. The van der Waals surface area contributed by atoms with Gasteiger partial charge in [0.05, 0.1) is 19.9 Å². The van der Waals surface area contributed by atoms with Gasteiger partial charge in [-0.3, -0.25) is 4.98 Å². The van der Waals surface area contributed by atoms with Crippen LogP contribution in [0.2, 0.25) is 5.02 Å². The van der Waals surface area contributed by atoms with Gasteiger partial charge in [-0.05, 0) is 42.0 Å². The minimum atomic E-state index is -0.486. The molecule has 9 heteroatoms. The summed E-state index contributed by atoms with van der Waals surface area (Å²) in [5.74, 6) is 2.68. The third-order valence-corrected chi connectivity index (χ3v) is 6.33. The van der Waals surface area contributed by atoms with Crippen LogP contribution in [0.4, 0.5) is 5.95 Å². The van der Waals surface area contributed by atoms with Gasteiger partial charge in [-0.15, -0.1) is 0 Å². The number of aromatic nitrogens is 4. The molecular formula is C25H20ClN5O3. The summed E-state index contributed by atoms with van der Waals surface area (Å²) in [5.41, 5.74) is 4.49. The lowest BCUT2D eigenvalue weighted by Crippen LogP contribution is -2.32. The van der Waals surface area contributed by atoms with Crippen LogP contribution in [-0.2, 0) is 0 Å². The van der Waals surface area contributed by atoms with Gasteiger partial charge in [-0.25, -0.2) is 4.68 Å². The Morgan fingerprint density at radius 3 is 2.79 bits per heavy atom. The summed E-state index contributed by atoms with van der Waals surface area (Å²) in [6, 6.07) is 14.9. The molecule has 2 aromatic heterocycles. The molecule has 6 rings (SSSR count). The molecule has 0 radical (unpaired) electrons. The maximum atomic E-state index is 6.64. The van der Waals surface area contributed by atoms with Crippen molar-refractivity contribution in [1.29, 1.82) is 0 Å². The van der Waals surface area contributed by atoms with Crippen molar-refractivity contribution < 1.29 is 14.2 Å². The smallest absolute Gasteiger partial charge is 0.226 e. The first-order valence-electron chi connectivity index (χ1n) is 10.7. The van der Waals surface area contributed by atoms with Gasteiger partial charge in [0.25, 0.3) is 0 Å². The van der Waals surface area contributed by atoms with Crippen molar-refractivity contribution in [1.82, 2.24) is 19.7 Å². The molecule has 0 bridgehead atoms. The molecule has 1 N–H and O–H groups in total. The normalized spacial score (nSPS) is 18.2. The summed E-state index contributed by atoms with van der Waals surface area (Å²) >= 11 is 6.39. The van der Waals surface area contributed by atoms with Crippen molar-refractivity contribution in [3.8, 4) is 17.2 Å². The van der Waals surface area contributed by atoms with Crippen LogP contribution in [0.1, 0.15) is 28.8 Å². The summed E-state index contributed by atoms with van der Waals surface area (Å²) in [6.45, 7) is 0. The van der Waals surface area contributed by atoms with Crippen LogP contribution < -0.4 is 19.5 Å². The molecule has 0 unspecified atom stereocenters. The van der Waals surface area contributed by atoms with Crippen molar-refractivity contribution in [2.45, 2.75) is 12.1 Å². The van der Waals surface area contributed by atoms with Crippen molar-refractivity contribution in [3.05, 3.63) is 94.5 Å². The van der Waals surface area contributed by atoms with E-state index in [0.717, 1.165) is 28.0 Å². The molecule has 0 spiro atoms. The van der Waals surface area contributed by atoms with Crippen LogP contribution in [-0.4, -0.2) is 34.0 Å². The first-order chi connectivity index (χ1) is 16.7.